The number of hydrogen-bond donors (Lipinski definition) is 1. The Hall–Kier alpha value is -1.26. The number of amides is 2. The van der Waals surface area contributed by atoms with Crippen LogP contribution < -0.4 is 5.32 Å². The molecular formula is C22H42N2O3. The molecule has 0 aromatic rings. The van der Waals surface area contributed by atoms with Gasteiger partial charge in [-0.05, 0) is 40.0 Å². The van der Waals surface area contributed by atoms with E-state index in [2.05, 4.69) is 12.2 Å². The third kappa shape index (κ3) is 10.6. The van der Waals surface area contributed by atoms with E-state index in [1.165, 1.54) is 51.4 Å². The van der Waals surface area contributed by atoms with E-state index in [-0.39, 0.29) is 18.0 Å². The molecule has 5 nitrogen and oxygen atoms in total. The highest BCUT2D eigenvalue weighted by Gasteiger charge is 2.36. The maximum absolute atomic E-state index is 12.4. The predicted octanol–water partition coefficient (Wildman–Crippen LogP) is 5.42. The molecule has 0 aliphatic carbocycles. The Balaban J connectivity index is 2.11. The van der Waals surface area contributed by atoms with Crippen molar-refractivity contribution in [3.63, 3.8) is 0 Å². The largest absolute Gasteiger partial charge is 0.444 e. The summed E-state index contributed by atoms with van der Waals surface area (Å²) in [5.74, 6) is -0.0331. The monoisotopic (exact) mass is 382 g/mol. The summed E-state index contributed by atoms with van der Waals surface area (Å²) in [5.41, 5.74) is -0.531. The van der Waals surface area contributed by atoms with Crippen molar-refractivity contribution < 1.29 is 14.3 Å². The first-order valence-electron chi connectivity index (χ1n) is 11.1. The Kier molecular flexibility index (Phi) is 11.5. The Morgan fingerprint density at radius 3 is 2.07 bits per heavy atom. The van der Waals surface area contributed by atoms with Crippen molar-refractivity contribution in [2.24, 2.45) is 0 Å². The van der Waals surface area contributed by atoms with Gasteiger partial charge in [0.25, 0.3) is 0 Å². The van der Waals surface area contributed by atoms with Gasteiger partial charge < -0.3 is 10.1 Å². The lowest BCUT2D eigenvalue weighted by Gasteiger charge is -2.28. The molecule has 5 heteroatoms. The van der Waals surface area contributed by atoms with Crippen LogP contribution in [0.5, 0.6) is 0 Å². The van der Waals surface area contributed by atoms with Gasteiger partial charge in [-0.2, -0.15) is 0 Å². The van der Waals surface area contributed by atoms with Gasteiger partial charge in [-0.3, -0.25) is 9.69 Å². The van der Waals surface area contributed by atoms with E-state index < -0.39 is 5.60 Å². The van der Waals surface area contributed by atoms with Crippen LogP contribution in [-0.2, 0) is 9.53 Å². The van der Waals surface area contributed by atoms with E-state index in [9.17, 15) is 9.59 Å². The molecule has 158 valence electrons. The second-order valence-electron chi connectivity index (χ2n) is 8.80. The molecule has 2 amide bonds. The van der Waals surface area contributed by atoms with Gasteiger partial charge in [-0.15, -0.1) is 0 Å². The zero-order chi connectivity index (χ0) is 20.1. The van der Waals surface area contributed by atoms with Gasteiger partial charge in [0.05, 0.1) is 0 Å². The van der Waals surface area contributed by atoms with Gasteiger partial charge in [-0.25, -0.2) is 4.79 Å². The smallest absolute Gasteiger partial charge is 0.410 e. The number of unbranched alkanes of at least 4 members (excludes halogenated alkanes) is 9. The SMILES string of the molecule is CCCCCCCCCCCCNC(=O)[C@@H]1CCCN1C(=O)OC(C)(C)C. The normalized spacial score (nSPS) is 17.2. The number of likely N-dealkylation sites (tertiary alicyclic amines) is 1. The number of nitrogens with one attached hydrogen (secondary N) is 1. The number of hydrogen-bond acceptors (Lipinski definition) is 3. The van der Waals surface area contributed by atoms with Crippen LogP contribution in [-0.4, -0.2) is 41.6 Å². The first kappa shape index (κ1) is 23.8. The molecule has 1 aliphatic heterocycles. The summed E-state index contributed by atoms with van der Waals surface area (Å²) in [7, 11) is 0. The average Bonchev–Trinajstić information content (AvgIpc) is 3.08. The molecule has 0 spiro atoms. The summed E-state index contributed by atoms with van der Waals surface area (Å²) >= 11 is 0. The molecular weight excluding hydrogens is 340 g/mol. The van der Waals surface area contributed by atoms with Crippen LogP contribution in [0.2, 0.25) is 0 Å². The predicted molar refractivity (Wildman–Crippen MR) is 111 cm³/mol. The number of carbonyl (C=O) groups is 2. The average molecular weight is 383 g/mol. The van der Waals surface area contributed by atoms with Crippen molar-refractivity contribution in [1.29, 1.82) is 0 Å². The van der Waals surface area contributed by atoms with E-state index >= 15 is 0 Å². The van der Waals surface area contributed by atoms with E-state index in [1.54, 1.807) is 4.90 Å². The molecule has 0 aromatic carbocycles. The third-order valence-corrected chi connectivity index (χ3v) is 5.01. The Labute approximate surface area is 166 Å². The number of carbonyl (C=O) groups excluding carboxylic acids is 2. The summed E-state index contributed by atoms with van der Waals surface area (Å²) in [4.78, 5) is 26.3. The van der Waals surface area contributed by atoms with E-state index in [0.29, 0.717) is 13.1 Å². The van der Waals surface area contributed by atoms with Gasteiger partial charge in [0.15, 0.2) is 0 Å². The van der Waals surface area contributed by atoms with Crippen LogP contribution in [0, 0.1) is 0 Å². The maximum atomic E-state index is 12.4. The molecule has 1 fully saturated rings. The minimum atomic E-state index is -0.531. The number of ether oxygens (including phenoxy) is 1. The highest BCUT2D eigenvalue weighted by molar-refractivity contribution is 5.86. The fourth-order valence-corrected chi connectivity index (χ4v) is 3.52. The van der Waals surface area contributed by atoms with Crippen LogP contribution in [0.4, 0.5) is 4.79 Å². The lowest BCUT2D eigenvalue weighted by Crippen LogP contribution is -2.47. The second kappa shape index (κ2) is 13.0. The molecule has 1 rings (SSSR count). The number of nitrogens with zero attached hydrogens (tertiary/aromatic N) is 1. The number of rotatable bonds is 12. The van der Waals surface area contributed by atoms with Crippen LogP contribution in [0.1, 0.15) is 105 Å². The van der Waals surface area contributed by atoms with Gasteiger partial charge >= 0.3 is 6.09 Å². The molecule has 1 saturated heterocycles. The molecule has 27 heavy (non-hydrogen) atoms. The van der Waals surface area contributed by atoms with Gasteiger partial charge in [0.1, 0.15) is 11.6 Å². The molecule has 1 atom stereocenters. The van der Waals surface area contributed by atoms with Crippen molar-refractivity contribution >= 4 is 12.0 Å². The zero-order valence-electron chi connectivity index (χ0n) is 18.1. The van der Waals surface area contributed by atoms with Crippen LogP contribution in [0.15, 0.2) is 0 Å². The quantitative estimate of drug-likeness (QED) is 0.458. The van der Waals surface area contributed by atoms with Gasteiger partial charge in [0.2, 0.25) is 5.91 Å². The standard InChI is InChI=1S/C22H42N2O3/c1-5-6-7-8-9-10-11-12-13-14-17-23-20(25)19-16-15-18-24(19)21(26)27-22(2,3)4/h19H,5-18H2,1-4H3,(H,23,25)/t19-/m0/s1. The molecule has 1 N–H and O–H groups in total. The van der Waals surface area contributed by atoms with Gasteiger partial charge in [0, 0.05) is 13.1 Å². The molecule has 0 saturated carbocycles. The Morgan fingerprint density at radius 1 is 0.963 bits per heavy atom. The van der Waals surface area contributed by atoms with Crippen molar-refractivity contribution in [2.75, 3.05) is 13.1 Å². The van der Waals surface area contributed by atoms with Crippen molar-refractivity contribution in [3.8, 4) is 0 Å². The highest BCUT2D eigenvalue weighted by atomic mass is 16.6. The highest BCUT2D eigenvalue weighted by Crippen LogP contribution is 2.21. The summed E-state index contributed by atoms with van der Waals surface area (Å²) in [6.45, 7) is 9.10. The molecule has 0 bridgehead atoms. The zero-order valence-corrected chi connectivity index (χ0v) is 18.1. The summed E-state index contributed by atoms with van der Waals surface area (Å²) in [6.07, 6.45) is 14.1. The van der Waals surface area contributed by atoms with E-state index in [1.807, 2.05) is 20.8 Å². The minimum Gasteiger partial charge on any atom is -0.444 e. The van der Waals surface area contributed by atoms with Crippen LogP contribution >= 0.6 is 0 Å². The lowest BCUT2D eigenvalue weighted by molar-refractivity contribution is -0.125. The summed E-state index contributed by atoms with van der Waals surface area (Å²) < 4.78 is 5.42. The molecule has 1 heterocycles. The minimum absolute atomic E-state index is 0.0331. The Morgan fingerprint density at radius 2 is 1.52 bits per heavy atom. The fourth-order valence-electron chi connectivity index (χ4n) is 3.52. The molecule has 1 aliphatic rings. The Bertz CT molecular complexity index is 432. The second-order valence-corrected chi connectivity index (χ2v) is 8.80. The van der Waals surface area contributed by atoms with Crippen LogP contribution in [0.3, 0.4) is 0 Å². The molecule has 0 radical (unpaired) electrons. The van der Waals surface area contributed by atoms with Crippen LogP contribution in [0.25, 0.3) is 0 Å². The van der Waals surface area contributed by atoms with Crippen molar-refractivity contribution in [1.82, 2.24) is 10.2 Å². The lowest BCUT2D eigenvalue weighted by atomic mass is 10.1. The van der Waals surface area contributed by atoms with Crippen molar-refractivity contribution in [3.05, 3.63) is 0 Å². The van der Waals surface area contributed by atoms with E-state index in [4.69, 9.17) is 4.74 Å². The topological polar surface area (TPSA) is 58.6 Å². The first-order chi connectivity index (χ1) is 12.8. The fraction of sp³-hybridized carbons (Fsp3) is 0.909. The summed E-state index contributed by atoms with van der Waals surface area (Å²) in [6, 6.07) is -0.372. The summed E-state index contributed by atoms with van der Waals surface area (Å²) in [5, 5.41) is 3.01. The molecule has 0 unspecified atom stereocenters. The third-order valence-electron chi connectivity index (χ3n) is 5.01. The first-order valence-corrected chi connectivity index (χ1v) is 11.1. The van der Waals surface area contributed by atoms with E-state index in [0.717, 1.165) is 25.7 Å². The van der Waals surface area contributed by atoms with Crippen molar-refractivity contribution in [2.45, 2.75) is 116 Å². The van der Waals surface area contributed by atoms with Gasteiger partial charge in [-0.1, -0.05) is 64.7 Å². The maximum Gasteiger partial charge on any atom is 0.410 e. The molecule has 0 aromatic heterocycles.